The van der Waals surface area contributed by atoms with Crippen LogP contribution in [0.15, 0.2) is 29.6 Å². The van der Waals surface area contributed by atoms with E-state index in [1.165, 1.54) is 22.5 Å². The molecule has 6 heteroatoms. The maximum Gasteiger partial charge on any atom is 0.225 e. The van der Waals surface area contributed by atoms with Crippen molar-refractivity contribution in [3.05, 3.63) is 46.5 Å². The summed E-state index contributed by atoms with van der Waals surface area (Å²) >= 11 is 1.52. The SMILES string of the molecule is CCN(C(C)=O)c1nc(CNCc2cccc(CN(C)C(C)C)c2)cs1. The molecular formula is C20H30N4OS. The minimum absolute atomic E-state index is 0.0320. The zero-order chi connectivity index (χ0) is 19.1. The van der Waals surface area contributed by atoms with Crippen molar-refractivity contribution in [2.24, 2.45) is 0 Å². The van der Waals surface area contributed by atoms with Crippen LogP contribution in [0.3, 0.4) is 0 Å². The van der Waals surface area contributed by atoms with E-state index in [4.69, 9.17) is 0 Å². The minimum Gasteiger partial charge on any atom is -0.307 e. The quantitative estimate of drug-likeness (QED) is 0.728. The summed E-state index contributed by atoms with van der Waals surface area (Å²) in [4.78, 5) is 20.2. The first-order valence-corrected chi connectivity index (χ1v) is 10.00. The lowest BCUT2D eigenvalue weighted by atomic mass is 10.1. The Bertz CT molecular complexity index is 713. The van der Waals surface area contributed by atoms with E-state index in [1.807, 2.05) is 12.3 Å². The molecule has 1 aromatic carbocycles. The van der Waals surface area contributed by atoms with E-state index in [0.717, 1.165) is 23.9 Å². The Morgan fingerprint density at radius 3 is 2.65 bits per heavy atom. The van der Waals surface area contributed by atoms with Crippen LogP contribution in [0, 0.1) is 0 Å². The summed E-state index contributed by atoms with van der Waals surface area (Å²) in [6.45, 7) is 11.1. The minimum atomic E-state index is 0.0320. The van der Waals surface area contributed by atoms with Gasteiger partial charge in [-0.3, -0.25) is 14.6 Å². The molecule has 0 fully saturated rings. The molecule has 0 aliphatic carbocycles. The molecule has 142 valence electrons. The molecule has 2 aromatic rings. The molecule has 2 rings (SSSR count). The van der Waals surface area contributed by atoms with Gasteiger partial charge in [-0.05, 0) is 38.9 Å². The average Bonchev–Trinajstić information content (AvgIpc) is 3.04. The Morgan fingerprint density at radius 1 is 1.27 bits per heavy atom. The highest BCUT2D eigenvalue weighted by atomic mass is 32.1. The molecule has 0 unspecified atom stereocenters. The van der Waals surface area contributed by atoms with Gasteiger partial charge in [0, 0.05) is 44.5 Å². The van der Waals surface area contributed by atoms with E-state index < -0.39 is 0 Å². The molecule has 1 N–H and O–H groups in total. The fourth-order valence-corrected chi connectivity index (χ4v) is 3.57. The van der Waals surface area contributed by atoms with Gasteiger partial charge in [-0.1, -0.05) is 24.3 Å². The van der Waals surface area contributed by atoms with Crippen molar-refractivity contribution in [1.82, 2.24) is 15.2 Å². The van der Waals surface area contributed by atoms with Gasteiger partial charge in [0.05, 0.1) is 5.69 Å². The van der Waals surface area contributed by atoms with Crippen LogP contribution in [0.2, 0.25) is 0 Å². The summed E-state index contributed by atoms with van der Waals surface area (Å²) in [7, 11) is 2.15. The molecule has 26 heavy (non-hydrogen) atoms. The Labute approximate surface area is 161 Å². The number of amides is 1. The third-order valence-corrected chi connectivity index (χ3v) is 5.32. The predicted octanol–water partition coefficient (Wildman–Crippen LogP) is 3.65. The molecule has 5 nitrogen and oxygen atoms in total. The second-order valence-corrected chi connectivity index (χ2v) is 7.65. The van der Waals surface area contributed by atoms with Gasteiger partial charge in [-0.25, -0.2) is 4.98 Å². The molecule has 0 bridgehead atoms. The number of hydrogen-bond donors (Lipinski definition) is 1. The summed E-state index contributed by atoms with van der Waals surface area (Å²) in [6, 6.07) is 9.23. The summed E-state index contributed by atoms with van der Waals surface area (Å²) < 4.78 is 0. The second kappa shape index (κ2) is 9.80. The molecule has 0 saturated carbocycles. The number of hydrogen-bond acceptors (Lipinski definition) is 5. The molecule has 1 heterocycles. The van der Waals surface area contributed by atoms with E-state index in [0.29, 0.717) is 19.1 Å². The van der Waals surface area contributed by atoms with Crippen LogP contribution < -0.4 is 10.2 Å². The van der Waals surface area contributed by atoms with E-state index >= 15 is 0 Å². The van der Waals surface area contributed by atoms with E-state index in [-0.39, 0.29) is 5.91 Å². The second-order valence-electron chi connectivity index (χ2n) is 6.82. The van der Waals surface area contributed by atoms with Crippen molar-refractivity contribution in [3.63, 3.8) is 0 Å². The first-order chi connectivity index (χ1) is 12.4. The topological polar surface area (TPSA) is 48.5 Å². The van der Waals surface area contributed by atoms with Crippen LogP contribution >= 0.6 is 11.3 Å². The number of nitrogens with zero attached hydrogens (tertiary/aromatic N) is 3. The maximum atomic E-state index is 11.6. The largest absolute Gasteiger partial charge is 0.307 e. The number of thiazole rings is 1. The van der Waals surface area contributed by atoms with E-state index in [9.17, 15) is 4.79 Å². The van der Waals surface area contributed by atoms with Crippen molar-refractivity contribution in [2.75, 3.05) is 18.5 Å². The summed E-state index contributed by atoms with van der Waals surface area (Å²) in [5.74, 6) is 0.0320. The van der Waals surface area contributed by atoms with Crippen molar-refractivity contribution >= 4 is 22.4 Å². The lowest BCUT2D eigenvalue weighted by molar-refractivity contribution is -0.116. The lowest BCUT2D eigenvalue weighted by Gasteiger charge is -2.21. The van der Waals surface area contributed by atoms with E-state index in [2.05, 4.69) is 60.4 Å². The van der Waals surface area contributed by atoms with Gasteiger partial charge in [0.2, 0.25) is 5.91 Å². The van der Waals surface area contributed by atoms with Crippen LogP contribution in [0.5, 0.6) is 0 Å². The average molecular weight is 375 g/mol. The van der Waals surface area contributed by atoms with Crippen molar-refractivity contribution in [2.45, 2.75) is 53.4 Å². The number of carbonyl (C=O) groups is 1. The highest BCUT2D eigenvalue weighted by Crippen LogP contribution is 2.20. The molecule has 0 radical (unpaired) electrons. The normalized spacial score (nSPS) is 11.3. The monoisotopic (exact) mass is 374 g/mol. The summed E-state index contributed by atoms with van der Waals surface area (Å²) in [6.07, 6.45) is 0. The third-order valence-electron chi connectivity index (χ3n) is 4.41. The van der Waals surface area contributed by atoms with Gasteiger partial charge < -0.3 is 5.32 Å². The number of nitrogens with one attached hydrogen (secondary N) is 1. The van der Waals surface area contributed by atoms with Crippen molar-refractivity contribution in [1.29, 1.82) is 0 Å². The molecule has 0 spiro atoms. The van der Waals surface area contributed by atoms with Crippen molar-refractivity contribution < 1.29 is 4.79 Å². The predicted molar refractivity (Wildman–Crippen MR) is 109 cm³/mol. The third kappa shape index (κ3) is 5.90. The van der Waals surface area contributed by atoms with Crippen molar-refractivity contribution in [3.8, 4) is 0 Å². The molecule has 0 saturated heterocycles. The highest BCUT2D eigenvalue weighted by Gasteiger charge is 2.13. The molecule has 1 aromatic heterocycles. The van der Waals surface area contributed by atoms with Gasteiger partial charge in [-0.15, -0.1) is 11.3 Å². The fourth-order valence-electron chi connectivity index (χ4n) is 2.64. The van der Waals surface area contributed by atoms with E-state index in [1.54, 1.807) is 11.8 Å². The molecule has 1 amide bonds. The molecule has 0 aliphatic heterocycles. The van der Waals surface area contributed by atoms with Crippen LogP contribution in [0.25, 0.3) is 0 Å². The number of benzene rings is 1. The standard InChI is InChI=1S/C20H30N4OS/c1-6-24(16(4)25)20-22-19(14-26-20)12-21-11-17-8-7-9-18(10-17)13-23(5)15(2)3/h7-10,14-15,21H,6,11-13H2,1-5H3. The number of aromatic nitrogens is 1. The van der Waals surface area contributed by atoms with Crippen LogP contribution in [0.4, 0.5) is 5.13 Å². The first-order valence-electron chi connectivity index (χ1n) is 9.12. The number of anilines is 1. The zero-order valence-electron chi connectivity index (χ0n) is 16.5. The molecule has 0 atom stereocenters. The summed E-state index contributed by atoms with van der Waals surface area (Å²) in [5.41, 5.74) is 3.57. The Balaban J connectivity index is 1.88. The zero-order valence-corrected chi connectivity index (χ0v) is 17.3. The van der Waals surface area contributed by atoms with Gasteiger partial charge >= 0.3 is 0 Å². The van der Waals surface area contributed by atoms with Crippen LogP contribution in [-0.2, 0) is 24.4 Å². The number of rotatable bonds is 9. The van der Waals surface area contributed by atoms with Gasteiger partial charge in [0.15, 0.2) is 5.13 Å². The summed E-state index contributed by atoms with van der Waals surface area (Å²) in [5, 5.41) is 6.24. The first kappa shape index (κ1) is 20.6. The Morgan fingerprint density at radius 2 is 2.00 bits per heavy atom. The van der Waals surface area contributed by atoms with Crippen LogP contribution in [0.1, 0.15) is 44.5 Å². The Kier molecular flexibility index (Phi) is 7.75. The maximum absolute atomic E-state index is 11.6. The van der Waals surface area contributed by atoms with Gasteiger partial charge in [-0.2, -0.15) is 0 Å². The van der Waals surface area contributed by atoms with Crippen LogP contribution in [-0.4, -0.2) is 35.4 Å². The van der Waals surface area contributed by atoms with Gasteiger partial charge in [0.25, 0.3) is 0 Å². The van der Waals surface area contributed by atoms with Gasteiger partial charge in [0.1, 0.15) is 0 Å². The lowest BCUT2D eigenvalue weighted by Crippen LogP contribution is -2.27. The number of carbonyl (C=O) groups excluding carboxylic acids is 1. The fraction of sp³-hybridized carbons (Fsp3) is 0.500. The molecule has 0 aliphatic rings. The Hall–Kier alpha value is -1.76. The smallest absolute Gasteiger partial charge is 0.225 e. The molecular weight excluding hydrogens is 344 g/mol. The highest BCUT2D eigenvalue weighted by molar-refractivity contribution is 7.14.